The Balaban J connectivity index is 2.28. The highest BCUT2D eigenvalue weighted by Gasteiger charge is 2.23. The summed E-state index contributed by atoms with van der Waals surface area (Å²) in [6, 6.07) is 5.63. The van der Waals surface area contributed by atoms with E-state index in [4.69, 9.17) is 0 Å². The first kappa shape index (κ1) is 18.3. The largest absolute Gasteiger partial charge is 0.371 e. The Morgan fingerprint density at radius 2 is 1.83 bits per heavy atom. The smallest absolute Gasteiger partial charge is 0.253 e. The number of nitrogens with one attached hydrogen (secondary N) is 2. The van der Waals surface area contributed by atoms with Gasteiger partial charge in [-0.2, -0.15) is 0 Å². The van der Waals surface area contributed by atoms with E-state index in [1.54, 1.807) is 6.07 Å². The van der Waals surface area contributed by atoms with E-state index in [9.17, 15) is 9.59 Å². The second kappa shape index (κ2) is 7.69. The van der Waals surface area contributed by atoms with E-state index in [0.717, 1.165) is 38.0 Å². The molecule has 0 radical (unpaired) electrons. The van der Waals surface area contributed by atoms with E-state index in [2.05, 4.69) is 15.5 Å². The zero-order chi connectivity index (χ0) is 17.7. The fourth-order valence-electron chi connectivity index (χ4n) is 2.68. The number of carbonyl (C=O) groups is 2. The Labute approximate surface area is 144 Å². The summed E-state index contributed by atoms with van der Waals surface area (Å²) >= 11 is 0. The van der Waals surface area contributed by atoms with E-state index in [1.165, 1.54) is 0 Å². The molecule has 2 rings (SSSR count). The number of hydrogen-bond acceptors (Lipinski definition) is 3. The Bertz CT molecular complexity index is 599. The van der Waals surface area contributed by atoms with Crippen LogP contribution in [0.15, 0.2) is 18.2 Å². The third-order valence-electron chi connectivity index (χ3n) is 4.16. The number of nitrogens with zero attached hydrogens (tertiary/aromatic N) is 1. The monoisotopic (exact) mass is 331 g/mol. The molecule has 1 saturated heterocycles. The summed E-state index contributed by atoms with van der Waals surface area (Å²) in [6.07, 6.45) is 3.20. The zero-order valence-corrected chi connectivity index (χ0v) is 15.2. The van der Waals surface area contributed by atoms with Crippen LogP contribution in [-0.2, 0) is 4.79 Å². The van der Waals surface area contributed by atoms with Gasteiger partial charge in [-0.3, -0.25) is 9.59 Å². The molecular weight excluding hydrogens is 302 g/mol. The Hall–Kier alpha value is -2.04. The zero-order valence-electron chi connectivity index (χ0n) is 15.2. The highest BCUT2D eigenvalue weighted by molar-refractivity contribution is 6.02. The average molecular weight is 331 g/mol. The van der Waals surface area contributed by atoms with E-state index >= 15 is 0 Å². The van der Waals surface area contributed by atoms with Gasteiger partial charge in [0, 0.05) is 36.4 Å². The molecule has 24 heavy (non-hydrogen) atoms. The number of anilines is 2. The van der Waals surface area contributed by atoms with Crippen molar-refractivity contribution in [3.05, 3.63) is 23.8 Å². The van der Waals surface area contributed by atoms with E-state index in [0.29, 0.717) is 17.8 Å². The Morgan fingerprint density at radius 1 is 1.17 bits per heavy atom. The van der Waals surface area contributed by atoms with Gasteiger partial charge < -0.3 is 15.5 Å². The van der Waals surface area contributed by atoms with Crippen LogP contribution in [0, 0.1) is 5.41 Å². The molecule has 0 bridgehead atoms. The summed E-state index contributed by atoms with van der Waals surface area (Å²) in [5.74, 6) is -0.137. The van der Waals surface area contributed by atoms with Gasteiger partial charge in [0.2, 0.25) is 5.91 Å². The second-order valence-corrected chi connectivity index (χ2v) is 7.39. The molecule has 0 aromatic heterocycles. The van der Waals surface area contributed by atoms with Gasteiger partial charge in [0.15, 0.2) is 0 Å². The molecule has 1 fully saturated rings. The van der Waals surface area contributed by atoms with Crippen LogP contribution in [0.5, 0.6) is 0 Å². The van der Waals surface area contributed by atoms with Crippen LogP contribution in [0.1, 0.15) is 57.3 Å². The minimum absolute atomic E-state index is 0.0589. The van der Waals surface area contributed by atoms with Crippen molar-refractivity contribution in [1.29, 1.82) is 0 Å². The van der Waals surface area contributed by atoms with Gasteiger partial charge in [-0.25, -0.2) is 0 Å². The van der Waals surface area contributed by atoms with Crippen LogP contribution in [0.25, 0.3) is 0 Å². The molecule has 0 unspecified atom stereocenters. The molecule has 5 heteroatoms. The van der Waals surface area contributed by atoms with E-state index in [-0.39, 0.29) is 11.8 Å². The molecule has 0 saturated carbocycles. The van der Waals surface area contributed by atoms with Crippen molar-refractivity contribution >= 4 is 23.2 Å². The van der Waals surface area contributed by atoms with Gasteiger partial charge in [-0.05, 0) is 37.5 Å². The lowest BCUT2D eigenvalue weighted by Gasteiger charge is -2.23. The molecular formula is C19H29N3O2. The molecule has 0 aliphatic carbocycles. The van der Waals surface area contributed by atoms with Crippen molar-refractivity contribution in [2.75, 3.05) is 29.9 Å². The van der Waals surface area contributed by atoms with E-state index in [1.807, 2.05) is 39.8 Å². The number of benzene rings is 1. The van der Waals surface area contributed by atoms with Crippen LogP contribution in [0.4, 0.5) is 11.4 Å². The fourth-order valence-corrected chi connectivity index (χ4v) is 2.68. The molecule has 1 aliphatic rings. The van der Waals surface area contributed by atoms with Crippen molar-refractivity contribution in [1.82, 2.24) is 5.32 Å². The predicted octanol–water partition coefficient (Wildman–Crippen LogP) is 3.41. The Kier molecular flexibility index (Phi) is 5.86. The molecule has 1 aliphatic heterocycles. The van der Waals surface area contributed by atoms with Crippen LogP contribution in [0.3, 0.4) is 0 Å². The van der Waals surface area contributed by atoms with Crippen LogP contribution < -0.4 is 15.5 Å². The summed E-state index contributed by atoms with van der Waals surface area (Å²) < 4.78 is 0. The fraction of sp³-hybridized carbons (Fsp3) is 0.579. The highest BCUT2D eigenvalue weighted by atomic mass is 16.2. The quantitative estimate of drug-likeness (QED) is 0.869. The standard InChI is InChI=1S/C19H29N3O2/c1-5-10-20-17(23)15-13-14(21-18(24)19(2,3)4)8-9-16(15)22-11-6-7-12-22/h8-9,13H,5-7,10-12H2,1-4H3,(H,20,23)(H,21,24). The molecule has 2 N–H and O–H groups in total. The predicted molar refractivity (Wildman–Crippen MR) is 98.6 cm³/mol. The van der Waals surface area contributed by atoms with Gasteiger partial charge in [0.05, 0.1) is 5.56 Å². The minimum Gasteiger partial charge on any atom is -0.371 e. The van der Waals surface area contributed by atoms with Crippen LogP contribution in [-0.4, -0.2) is 31.4 Å². The first-order valence-corrected chi connectivity index (χ1v) is 8.81. The molecule has 0 spiro atoms. The van der Waals surface area contributed by atoms with Crippen LogP contribution in [0.2, 0.25) is 0 Å². The number of carbonyl (C=O) groups excluding carboxylic acids is 2. The number of rotatable bonds is 5. The summed E-state index contributed by atoms with van der Waals surface area (Å²) in [6.45, 7) is 10.2. The Morgan fingerprint density at radius 3 is 2.42 bits per heavy atom. The molecule has 1 heterocycles. The van der Waals surface area contributed by atoms with Crippen molar-refractivity contribution in [3.8, 4) is 0 Å². The maximum Gasteiger partial charge on any atom is 0.253 e. The number of hydrogen-bond donors (Lipinski definition) is 2. The molecule has 132 valence electrons. The summed E-state index contributed by atoms with van der Waals surface area (Å²) in [5.41, 5.74) is 1.78. The molecule has 1 aromatic carbocycles. The summed E-state index contributed by atoms with van der Waals surface area (Å²) in [5, 5.41) is 5.86. The van der Waals surface area contributed by atoms with Gasteiger partial charge in [-0.1, -0.05) is 27.7 Å². The average Bonchev–Trinajstić information content (AvgIpc) is 3.05. The van der Waals surface area contributed by atoms with Gasteiger partial charge >= 0.3 is 0 Å². The topological polar surface area (TPSA) is 61.4 Å². The lowest BCUT2D eigenvalue weighted by Crippen LogP contribution is -2.29. The lowest BCUT2D eigenvalue weighted by molar-refractivity contribution is -0.123. The van der Waals surface area contributed by atoms with Gasteiger partial charge in [-0.15, -0.1) is 0 Å². The van der Waals surface area contributed by atoms with Crippen molar-refractivity contribution in [3.63, 3.8) is 0 Å². The molecule has 5 nitrogen and oxygen atoms in total. The first-order valence-electron chi connectivity index (χ1n) is 8.81. The summed E-state index contributed by atoms with van der Waals surface area (Å²) in [4.78, 5) is 27.0. The van der Waals surface area contributed by atoms with Gasteiger partial charge in [0.25, 0.3) is 5.91 Å². The highest BCUT2D eigenvalue weighted by Crippen LogP contribution is 2.28. The third-order valence-corrected chi connectivity index (χ3v) is 4.16. The van der Waals surface area contributed by atoms with E-state index < -0.39 is 5.41 Å². The minimum atomic E-state index is -0.474. The molecule has 0 atom stereocenters. The van der Waals surface area contributed by atoms with Crippen molar-refractivity contribution in [2.24, 2.45) is 5.41 Å². The normalized spacial score (nSPS) is 14.6. The van der Waals surface area contributed by atoms with Crippen molar-refractivity contribution in [2.45, 2.75) is 47.0 Å². The molecule has 1 aromatic rings. The lowest BCUT2D eigenvalue weighted by atomic mass is 9.95. The first-order chi connectivity index (χ1) is 11.3. The molecule has 2 amide bonds. The SMILES string of the molecule is CCCNC(=O)c1cc(NC(=O)C(C)(C)C)ccc1N1CCCC1. The number of amides is 2. The van der Waals surface area contributed by atoms with Gasteiger partial charge in [0.1, 0.15) is 0 Å². The maximum absolute atomic E-state index is 12.6. The summed E-state index contributed by atoms with van der Waals surface area (Å²) in [7, 11) is 0. The second-order valence-electron chi connectivity index (χ2n) is 7.39. The third kappa shape index (κ3) is 4.49. The van der Waals surface area contributed by atoms with Crippen LogP contribution >= 0.6 is 0 Å². The maximum atomic E-state index is 12.6. The van der Waals surface area contributed by atoms with Crippen molar-refractivity contribution < 1.29 is 9.59 Å².